The van der Waals surface area contributed by atoms with Gasteiger partial charge in [-0.15, -0.1) is 11.3 Å². The first-order valence-corrected chi connectivity index (χ1v) is 18.6. The summed E-state index contributed by atoms with van der Waals surface area (Å²) in [7, 11) is 0. The molecule has 6 aliphatic rings. The molecule has 1 aliphatic carbocycles. The number of halogens is 3. The standard InChI is InChI=1S/C33H31ClF2N8O2S.C3H6/c34-20-9-18-26(25(36)24(20)17-3-4-21(35)27-23(17)19(10-37)28(38)47-27)40-31(46-16-33-5-1-7-44(33)8-2-6-33)41-29(18)42-12-32(13-42)14-43(15-32)30(45)22-11-39-22;1-2-3-1/h3-4,9,22,39H,1-2,5-8,11-16,38H2;1-3H2. The number of fused-ring (bicyclic) bond motifs is 3. The summed E-state index contributed by atoms with van der Waals surface area (Å²) < 4.78 is 38.3. The van der Waals surface area contributed by atoms with E-state index in [9.17, 15) is 14.4 Å². The van der Waals surface area contributed by atoms with Crippen molar-refractivity contribution in [2.45, 2.75) is 56.5 Å². The molecule has 7 heterocycles. The van der Waals surface area contributed by atoms with Crippen LogP contribution in [0.15, 0.2) is 18.2 Å². The largest absolute Gasteiger partial charge is 0.461 e. The molecule has 2 aromatic heterocycles. The van der Waals surface area contributed by atoms with Crippen molar-refractivity contribution in [3.63, 3.8) is 0 Å². The maximum atomic E-state index is 16.9. The molecular weight excluding hydrogens is 682 g/mol. The van der Waals surface area contributed by atoms with Gasteiger partial charge in [0.2, 0.25) is 5.91 Å². The van der Waals surface area contributed by atoms with E-state index < -0.39 is 11.6 Å². The molecule has 6 fully saturated rings. The fourth-order valence-electron chi connectivity index (χ4n) is 8.37. The third kappa shape index (κ3) is 5.25. The van der Waals surface area contributed by atoms with Crippen molar-refractivity contribution in [1.82, 2.24) is 25.1 Å². The molecular formula is C36H37ClF2N8O2S. The predicted molar refractivity (Wildman–Crippen MR) is 190 cm³/mol. The zero-order chi connectivity index (χ0) is 34.4. The van der Waals surface area contributed by atoms with Crippen LogP contribution < -0.4 is 20.7 Å². The lowest BCUT2D eigenvalue weighted by atomic mass is 9.72. The van der Waals surface area contributed by atoms with Gasteiger partial charge in [-0.2, -0.15) is 15.2 Å². The van der Waals surface area contributed by atoms with Crippen molar-refractivity contribution in [3.05, 3.63) is 40.4 Å². The highest BCUT2D eigenvalue weighted by Gasteiger charge is 2.55. The number of nitriles is 1. The van der Waals surface area contributed by atoms with Crippen molar-refractivity contribution in [1.29, 1.82) is 5.26 Å². The molecule has 5 saturated heterocycles. The summed E-state index contributed by atoms with van der Waals surface area (Å²) in [5.74, 6) is -0.599. The second-order valence-corrected chi connectivity index (χ2v) is 16.3. The lowest BCUT2D eigenvalue weighted by Crippen LogP contribution is -2.73. The number of hydrogen-bond donors (Lipinski definition) is 2. The predicted octanol–water partition coefficient (Wildman–Crippen LogP) is 5.69. The topological polar surface area (TPSA) is 134 Å². The molecule has 4 aromatic rings. The number of nitrogens with one attached hydrogen (secondary N) is 1. The molecule has 1 atom stereocenters. The summed E-state index contributed by atoms with van der Waals surface area (Å²) in [5, 5.41) is 13.8. The number of carbonyl (C=O) groups is 1. The Labute approximate surface area is 297 Å². The SMILES string of the molecule is C1CC1.N#Cc1c(N)sc2c(F)ccc(-c3c(Cl)cc4c(N5CC6(CN(C(=O)C7CN7)C6)C5)nc(OCC56CCCN5CCC6)nc4c3F)c12. The van der Waals surface area contributed by atoms with Crippen LogP contribution in [0.1, 0.15) is 50.5 Å². The molecule has 1 unspecified atom stereocenters. The number of benzene rings is 2. The second kappa shape index (κ2) is 11.9. The third-order valence-electron chi connectivity index (χ3n) is 11.1. The van der Waals surface area contributed by atoms with Gasteiger partial charge >= 0.3 is 6.01 Å². The number of nitrogen functional groups attached to an aromatic ring is 1. The van der Waals surface area contributed by atoms with Crippen LogP contribution in [-0.4, -0.2) is 89.7 Å². The Balaban J connectivity index is 0.00000107. The van der Waals surface area contributed by atoms with E-state index in [-0.39, 0.29) is 71.2 Å². The normalized spacial score (nSPS) is 22.5. The summed E-state index contributed by atoms with van der Waals surface area (Å²) in [5.41, 5.74) is 6.35. The maximum Gasteiger partial charge on any atom is 0.319 e. The Kier molecular flexibility index (Phi) is 7.62. The van der Waals surface area contributed by atoms with E-state index in [2.05, 4.69) is 20.1 Å². The van der Waals surface area contributed by atoms with Gasteiger partial charge in [0.25, 0.3) is 0 Å². The second-order valence-electron chi connectivity index (χ2n) is 14.8. The number of rotatable bonds is 6. The third-order valence-corrected chi connectivity index (χ3v) is 12.4. The van der Waals surface area contributed by atoms with Gasteiger partial charge in [-0.25, -0.2) is 8.78 Å². The van der Waals surface area contributed by atoms with E-state index >= 15 is 4.39 Å². The number of nitrogens with zero attached hydrogens (tertiary/aromatic N) is 6. The average molecular weight is 719 g/mol. The Morgan fingerprint density at radius 1 is 1.12 bits per heavy atom. The number of anilines is 2. The number of likely N-dealkylation sites (tertiary alicyclic amines) is 1. The van der Waals surface area contributed by atoms with Crippen LogP contribution in [0.25, 0.3) is 32.1 Å². The van der Waals surface area contributed by atoms with Crippen LogP contribution in [0, 0.1) is 28.4 Å². The summed E-state index contributed by atoms with van der Waals surface area (Å²) >= 11 is 7.79. The summed E-state index contributed by atoms with van der Waals surface area (Å²) in [6, 6.07) is 6.37. The number of nitrogens with two attached hydrogens (primary N) is 1. The van der Waals surface area contributed by atoms with Gasteiger partial charge in [0.1, 0.15) is 34.8 Å². The summed E-state index contributed by atoms with van der Waals surface area (Å²) in [6.45, 7) is 5.88. The monoisotopic (exact) mass is 718 g/mol. The van der Waals surface area contributed by atoms with Crippen LogP contribution >= 0.6 is 22.9 Å². The van der Waals surface area contributed by atoms with Gasteiger partial charge in [0.05, 0.1) is 26.9 Å². The molecule has 3 N–H and O–H groups in total. The van der Waals surface area contributed by atoms with Crippen molar-refractivity contribution >= 4 is 60.7 Å². The molecule has 0 radical (unpaired) electrons. The Morgan fingerprint density at radius 2 is 1.84 bits per heavy atom. The number of aromatic nitrogens is 2. The molecule has 10 rings (SSSR count). The molecule has 14 heteroatoms. The molecule has 2 aromatic carbocycles. The minimum Gasteiger partial charge on any atom is -0.461 e. The minimum atomic E-state index is -0.711. The molecule has 50 heavy (non-hydrogen) atoms. The van der Waals surface area contributed by atoms with Crippen molar-refractivity contribution < 1.29 is 18.3 Å². The fourth-order valence-corrected chi connectivity index (χ4v) is 9.61. The van der Waals surface area contributed by atoms with Gasteiger partial charge in [0.15, 0.2) is 5.82 Å². The zero-order valence-electron chi connectivity index (χ0n) is 27.5. The quantitative estimate of drug-likeness (QED) is 0.241. The molecule has 1 amide bonds. The van der Waals surface area contributed by atoms with Crippen LogP contribution in [0.4, 0.5) is 19.6 Å². The first-order valence-electron chi connectivity index (χ1n) is 17.4. The summed E-state index contributed by atoms with van der Waals surface area (Å²) in [4.78, 5) is 28.4. The van der Waals surface area contributed by atoms with Crippen LogP contribution in [0.2, 0.25) is 5.02 Å². The Morgan fingerprint density at radius 3 is 2.50 bits per heavy atom. The van der Waals surface area contributed by atoms with Gasteiger partial charge in [0, 0.05) is 54.5 Å². The Hall–Kier alpha value is -3.83. The highest BCUT2D eigenvalue weighted by Crippen LogP contribution is 2.48. The van der Waals surface area contributed by atoms with Gasteiger partial charge in [-0.3, -0.25) is 9.69 Å². The van der Waals surface area contributed by atoms with Gasteiger partial charge in [-0.1, -0.05) is 36.9 Å². The van der Waals surface area contributed by atoms with E-state index in [4.69, 9.17) is 27.1 Å². The Bertz CT molecular complexity index is 2090. The lowest BCUT2D eigenvalue weighted by Gasteiger charge is -2.60. The molecule has 10 nitrogen and oxygen atoms in total. The van der Waals surface area contributed by atoms with E-state index in [0.717, 1.165) is 56.7 Å². The van der Waals surface area contributed by atoms with Crippen molar-refractivity contribution in [2.75, 3.05) is 63.1 Å². The smallest absolute Gasteiger partial charge is 0.319 e. The number of carbonyl (C=O) groups excluding carboxylic acids is 1. The first-order chi connectivity index (χ1) is 24.2. The molecule has 5 aliphatic heterocycles. The maximum absolute atomic E-state index is 16.9. The van der Waals surface area contributed by atoms with E-state index in [0.29, 0.717) is 44.0 Å². The molecule has 260 valence electrons. The minimum absolute atomic E-state index is 0.00679. The highest BCUT2D eigenvalue weighted by molar-refractivity contribution is 7.23. The first kappa shape index (κ1) is 32.1. The number of ether oxygens (including phenoxy) is 1. The highest BCUT2D eigenvalue weighted by atomic mass is 35.5. The molecule has 1 saturated carbocycles. The fraction of sp³-hybridized carbons (Fsp3) is 0.500. The lowest BCUT2D eigenvalue weighted by molar-refractivity contribution is -0.144. The van der Waals surface area contributed by atoms with E-state index in [1.54, 1.807) is 6.07 Å². The number of thiophene rings is 1. The van der Waals surface area contributed by atoms with Crippen LogP contribution in [0.3, 0.4) is 0 Å². The molecule has 0 bridgehead atoms. The molecule has 1 spiro atoms. The van der Waals surface area contributed by atoms with Gasteiger partial charge < -0.3 is 25.6 Å². The number of hydrogen-bond acceptors (Lipinski definition) is 10. The summed E-state index contributed by atoms with van der Waals surface area (Å²) in [6.07, 6.45) is 8.79. The van der Waals surface area contributed by atoms with Crippen LogP contribution in [-0.2, 0) is 4.79 Å². The van der Waals surface area contributed by atoms with Crippen molar-refractivity contribution in [2.24, 2.45) is 5.41 Å². The van der Waals surface area contributed by atoms with E-state index in [1.165, 1.54) is 31.4 Å². The van der Waals surface area contributed by atoms with Gasteiger partial charge in [-0.05, 0) is 56.5 Å². The van der Waals surface area contributed by atoms with Crippen LogP contribution in [0.5, 0.6) is 6.01 Å². The van der Waals surface area contributed by atoms with E-state index in [1.807, 2.05) is 11.0 Å². The average Bonchev–Trinajstić information content (AvgIpc) is 4.00. The number of amides is 1. The zero-order valence-corrected chi connectivity index (χ0v) is 29.1. The van der Waals surface area contributed by atoms with Crippen molar-refractivity contribution in [3.8, 4) is 23.2 Å².